The number of hydrogen-bond acceptors (Lipinski definition) is 4. The number of likely N-dealkylation sites (tertiary alicyclic amines) is 1. The lowest BCUT2D eigenvalue weighted by molar-refractivity contribution is -0.122. The van der Waals surface area contributed by atoms with E-state index < -0.39 is 11.6 Å². The molecule has 4 rings (SSSR count). The fourth-order valence-corrected chi connectivity index (χ4v) is 3.79. The summed E-state index contributed by atoms with van der Waals surface area (Å²) in [6, 6.07) is 10.9. The Balaban J connectivity index is 0.000000659. The standard InChI is InChI=1S/C19H21F2N3.CH2O2/c20-17-5-4-16(11-18(17)21)23-9-6-15(7-10-23)24-12-14(13-24)19-3-1-2-8-22-19;2-1-3/h1-5,8,11,14-15H,6-7,9-10,12-13H2;1H,(H,2,3). The van der Waals surface area contributed by atoms with Gasteiger partial charge < -0.3 is 10.0 Å². The van der Waals surface area contributed by atoms with Crippen molar-refractivity contribution in [2.45, 2.75) is 24.8 Å². The van der Waals surface area contributed by atoms with Crippen LogP contribution in [0.15, 0.2) is 42.6 Å². The molecule has 0 bridgehead atoms. The summed E-state index contributed by atoms with van der Waals surface area (Å²) in [6.07, 6.45) is 3.99. The molecule has 0 unspecified atom stereocenters. The summed E-state index contributed by atoms with van der Waals surface area (Å²) in [5.41, 5.74) is 1.97. The molecular weight excluding hydrogens is 352 g/mol. The highest BCUT2D eigenvalue weighted by molar-refractivity contribution is 5.47. The number of rotatable bonds is 3. The van der Waals surface area contributed by atoms with Crippen molar-refractivity contribution in [3.63, 3.8) is 0 Å². The van der Waals surface area contributed by atoms with Crippen LogP contribution in [-0.4, -0.2) is 53.7 Å². The van der Waals surface area contributed by atoms with Crippen LogP contribution >= 0.6 is 0 Å². The van der Waals surface area contributed by atoms with Crippen LogP contribution in [0.25, 0.3) is 0 Å². The Hall–Kier alpha value is -2.54. The Kier molecular flexibility index (Phi) is 6.34. The first-order valence-corrected chi connectivity index (χ1v) is 9.05. The number of aromatic nitrogens is 1. The summed E-state index contributed by atoms with van der Waals surface area (Å²) in [4.78, 5) is 17.5. The molecule has 0 amide bonds. The number of benzene rings is 1. The zero-order chi connectivity index (χ0) is 19.2. The first kappa shape index (κ1) is 19.2. The van der Waals surface area contributed by atoms with Gasteiger partial charge in [-0.2, -0.15) is 0 Å². The Morgan fingerprint density at radius 3 is 2.37 bits per heavy atom. The molecule has 2 aliphatic heterocycles. The quantitative estimate of drug-likeness (QED) is 0.836. The number of pyridine rings is 1. The number of hydrogen-bond donors (Lipinski definition) is 1. The fraction of sp³-hybridized carbons (Fsp3) is 0.400. The van der Waals surface area contributed by atoms with Gasteiger partial charge in [0.15, 0.2) is 11.6 Å². The minimum atomic E-state index is -0.783. The van der Waals surface area contributed by atoms with Gasteiger partial charge in [-0.05, 0) is 37.1 Å². The molecule has 3 heterocycles. The Bertz CT molecular complexity index is 746. The average Bonchev–Trinajstić information content (AvgIpc) is 2.65. The smallest absolute Gasteiger partial charge is 0.290 e. The lowest BCUT2D eigenvalue weighted by atomic mass is 9.90. The van der Waals surface area contributed by atoms with Crippen LogP contribution in [0.4, 0.5) is 14.5 Å². The minimum absolute atomic E-state index is 0.250. The van der Waals surface area contributed by atoms with Crippen molar-refractivity contribution >= 4 is 12.2 Å². The van der Waals surface area contributed by atoms with Crippen LogP contribution in [0.2, 0.25) is 0 Å². The normalized spacial score (nSPS) is 18.4. The minimum Gasteiger partial charge on any atom is -0.483 e. The fourth-order valence-electron chi connectivity index (χ4n) is 3.79. The third-order valence-corrected chi connectivity index (χ3v) is 5.27. The van der Waals surface area contributed by atoms with E-state index >= 15 is 0 Å². The monoisotopic (exact) mass is 375 g/mol. The molecule has 0 saturated carbocycles. The van der Waals surface area contributed by atoms with E-state index in [-0.39, 0.29) is 6.47 Å². The van der Waals surface area contributed by atoms with Gasteiger partial charge in [-0.1, -0.05) is 6.07 Å². The van der Waals surface area contributed by atoms with E-state index in [1.165, 1.54) is 17.8 Å². The van der Waals surface area contributed by atoms with Gasteiger partial charge in [0.25, 0.3) is 6.47 Å². The van der Waals surface area contributed by atoms with Crippen LogP contribution in [0, 0.1) is 11.6 Å². The topological polar surface area (TPSA) is 56.7 Å². The molecule has 0 radical (unpaired) electrons. The van der Waals surface area contributed by atoms with Crippen molar-refractivity contribution in [3.8, 4) is 0 Å². The summed E-state index contributed by atoms with van der Waals surface area (Å²) >= 11 is 0. The zero-order valence-electron chi connectivity index (χ0n) is 15.0. The Morgan fingerprint density at radius 1 is 1.07 bits per heavy atom. The maximum absolute atomic E-state index is 13.4. The summed E-state index contributed by atoms with van der Waals surface area (Å²) in [6.45, 7) is 3.68. The second-order valence-corrected chi connectivity index (χ2v) is 6.83. The number of carbonyl (C=O) groups is 1. The molecule has 1 aromatic carbocycles. The van der Waals surface area contributed by atoms with E-state index in [1.54, 1.807) is 6.07 Å². The molecule has 2 aromatic rings. The van der Waals surface area contributed by atoms with Crippen molar-refractivity contribution in [2.24, 2.45) is 0 Å². The number of carboxylic acid groups (broad SMARTS) is 1. The predicted molar refractivity (Wildman–Crippen MR) is 98.8 cm³/mol. The lowest BCUT2D eigenvalue weighted by Crippen LogP contribution is -2.54. The Labute approximate surface area is 157 Å². The molecule has 2 aliphatic rings. The molecule has 1 N–H and O–H groups in total. The van der Waals surface area contributed by atoms with Gasteiger partial charge in [-0.3, -0.25) is 14.7 Å². The number of nitrogens with zero attached hydrogens (tertiary/aromatic N) is 3. The van der Waals surface area contributed by atoms with Crippen molar-refractivity contribution in [3.05, 3.63) is 59.9 Å². The average molecular weight is 375 g/mol. The molecule has 0 aliphatic carbocycles. The lowest BCUT2D eigenvalue weighted by Gasteiger charge is -2.47. The molecule has 2 fully saturated rings. The number of piperidine rings is 1. The molecular formula is C20H23F2N3O2. The predicted octanol–water partition coefficient (Wildman–Crippen LogP) is 3.13. The van der Waals surface area contributed by atoms with E-state index in [9.17, 15) is 8.78 Å². The molecule has 0 spiro atoms. The van der Waals surface area contributed by atoms with Gasteiger partial charge in [0, 0.05) is 61.8 Å². The largest absolute Gasteiger partial charge is 0.483 e. The summed E-state index contributed by atoms with van der Waals surface area (Å²) in [5.74, 6) is -0.999. The van der Waals surface area contributed by atoms with E-state index in [4.69, 9.17) is 9.90 Å². The third kappa shape index (κ3) is 4.60. The van der Waals surface area contributed by atoms with Gasteiger partial charge in [-0.15, -0.1) is 0 Å². The number of halogens is 2. The van der Waals surface area contributed by atoms with Crippen LogP contribution < -0.4 is 4.90 Å². The van der Waals surface area contributed by atoms with Gasteiger partial charge >= 0.3 is 0 Å². The summed E-state index contributed by atoms with van der Waals surface area (Å²) in [7, 11) is 0. The molecule has 1 aromatic heterocycles. The molecule has 27 heavy (non-hydrogen) atoms. The van der Waals surface area contributed by atoms with Crippen molar-refractivity contribution in [1.82, 2.24) is 9.88 Å². The highest BCUT2D eigenvalue weighted by Crippen LogP contribution is 2.31. The molecule has 7 heteroatoms. The second kappa shape index (κ2) is 8.90. The summed E-state index contributed by atoms with van der Waals surface area (Å²) < 4.78 is 26.4. The second-order valence-electron chi connectivity index (χ2n) is 6.83. The molecule has 144 valence electrons. The highest BCUT2D eigenvalue weighted by Gasteiger charge is 2.35. The SMILES string of the molecule is Fc1ccc(N2CCC(N3CC(c4ccccn4)C3)CC2)cc1F.O=CO. The molecule has 2 saturated heterocycles. The molecule has 5 nitrogen and oxygen atoms in total. The van der Waals surface area contributed by atoms with E-state index in [1.807, 2.05) is 18.3 Å². The van der Waals surface area contributed by atoms with Crippen molar-refractivity contribution < 1.29 is 18.7 Å². The van der Waals surface area contributed by atoms with Crippen LogP contribution in [0.5, 0.6) is 0 Å². The van der Waals surface area contributed by atoms with Crippen LogP contribution in [-0.2, 0) is 4.79 Å². The molecule has 0 atom stereocenters. The van der Waals surface area contributed by atoms with Gasteiger partial charge in [0.05, 0.1) is 0 Å². The summed E-state index contributed by atoms with van der Waals surface area (Å²) in [5, 5.41) is 6.89. The zero-order valence-corrected chi connectivity index (χ0v) is 15.0. The van der Waals surface area contributed by atoms with E-state index in [0.29, 0.717) is 12.0 Å². The Morgan fingerprint density at radius 2 is 1.78 bits per heavy atom. The maximum atomic E-state index is 13.4. The van der Waals surface area contributed by atoms with E-state index in [2.05, 4.69) is 20.9 Å². The number of anilines is 1. The van der Waals surface area contributed by atoms with Gasteiger partial charge in [0.1, 0.15) is 0 Å². The maximum Gasteiger partial charge on any atom is 0.290 e. The first-order chi connectivity index (χ1) is 13.1. The van der Waals surface area contributed by atoms with Gasteiger partial charge in [-0.25, -0.2) is 8.78 Å². The van der Waals surface area contributed by atoms with Crippen LogP contribution in [0.3, 0.4) is 0 Å². The van der Waals surface area contributed by atoms with Crippen molar-refractivity contribution in [2.75, 3.05) is 31.1 Å². The third-order valence-electron chi connectivity index (χ3n) is 5.27. The highest BCUT2D eigenvalue weighted by atomic mass is 19.2. The van der Waals surface area contributed by atoms with Crippen LogP contribution in [0.1, 0.15) is 24.5 Å². The van der Waals surface area contributed by atoms with Gasteiger partial charge in [0.2, 0.25) is 0 Å². The first-order valence-electron chi connectivity index (χ1n) is 9.05. The van der Waals surface area contributed by atoms with Crippen molar-refractivity contribution in [1.29, 1.82) is 0 Å². The van der Waals surface area contributed by atoms with E-state index in [0.717, 1.165) is 44.7 Å².